The Kier molecular flexibility index (Phi) is 24.5. The number of nitro groups is 2. The number of pyridine rings is 2. The van der Waals surface area contributed by atoms with E-state index in [0.717, 1.165) is 149 Å². The molecule has 2 saturated heterocycles. The number of carbonyl (C=O) groups is 2. The van der Waals surface area contributed by atoms with Crippen LogP contribution in [0.15, 0.2) is 179 Å². The number of sulfonamides is 2. The Morgan fingerprint density at radius 1 is 0.554 bits per heavy atom. The molecule has 2 atom stereocenters. The van der Waals surface area contributed by atoms with Crippen LogP contribution in [0, 0.1) is 42.9 Å². The number of hydrogen-bond acceptors (Lipinski definition) is 22. The lowest BCUT2D eigenvalue weighted by Gasteiger charge is -2.39. The summed E-state index contributed by atoms with van der Waals surface area (Å²) in [4.78, 5) is 74.0. The molecule has 0 bridgehead atoms. The maximum atomic E-state index is 14.0. The molecule has 121 heavy (non-hydrogen) atoms. The number of allylic oxidation sites excluding steroid dienone is 2. The van der Waals surface area contributed by atoms with Gasteiger partial charge in [0.05, 0.1) is 73.3 Å². The summed E-state index contributed by atoms with van der Waals surface area (Å²) in [5.41, 5.74) is 10.8. The third kappa shape index (κ3) is 20.0. The first-order valence-electron chi connectivity index (χ1n) is 40.2. The monoisotopic (exact) mass is 1740 g/mol. The molecule has 0 unspecified atom stereocenters. The third-order valence-corrected chi connectivity index (χ3v) is 27.7. The molecule has 0 spiro atoms. The fourth-order valence-electron chi connectivity index (χ4n) is 16.9. The maximum Gasteiger partial charge on any atom is 0.277 e. The van der Waals surface area contributed by atoms with Gasteiger partial charge in [-0.1, -0.05) is 93.2 Å². The molecular weight excluding hydrogens is 1650 g/mol. The number of hydrogen-bond donors (Lipinski definition) is 4. The number of aromatic amines is 2. The highest BCUT2D eigenvalue weighted by Crippen LogP contribution is 2.47. The van der Waals surface area contributed by atoms with Gasteiger partial charge in [-0.2, -0.15) is 0 Å². The van der Waals surface area contributed by atoms with Crippen molar-refractivity contribution in [3.05, 3.63) is 233 Å². The molecule has 2 aliphatic carbocycles. The number of ether oxygens (including phenoxy) is 4. The minimum atomic E-state index is -4.71. The number of H-pyrrole nitrogens is 2. The molecule has 4 N–H and O–H groups in total. The molecule has 33 heteroatoms. The van der Waals surface area contributed by atoms with Gasteiger partial charge in [0.2, 0.25) is 0 Å². The van der Waals surface area contributed by atoms with Gasteiger partial charge < -0.3 is 38.7 Å². The van der Waals surface area contributed by atoms with Crippen LogP contribution in [0.4, 0.5) is 22.7 Å². The summed E-state index contributed by atoms with van der Waals surface area (Å²) in [6.45, 7) is 19.3. The lowest BCUT2D eigenvalue weighted by Crippen LogP contribution is -2.47. The minimum Gasteiger partial charge on any atom is -0.493 e. The van der Waals surface area contributed by atoms with Gasteiger partial charge >= 0.3 is 0 Å². The van der Waals surface area contributed by atoms with Crippen LogP contribution in [0.25, 0.3) is 33.2 Å². The molecule has 8 heterocycles. The zero-order valence-electron chi connectivity index (χ0n) is 67.8. The quantitative estimate of drug-likeness (QED) is 0.0341. The highest BCUT2D eigenvalue weighted by atomic mass is 35.5. The number of fused-ring (bicyclic) bond motifs is 4. The molecule has 2 fully saturated rings. The van der Waals surface area contributed by atoms with Crippen molar-refractivity contribution in [2.24, 2.45) is 22.7 Å². The lowest BCUT2D eigenvalue weighted by atomic mass is 9.72. The van der Waals surface area contributed by atoms with E-state index < -0.39 is 72.9 Å². The summed E-state index contributed by atoms with van der Waals surface area (Å²) in [7, 11) is -12.7. The number of aromatic nitrogens is 4. The second-order valence-corrected chi connectivity index (χ2v) is 40.0. The Morgan fingerprint density at radius 3 is 1.36 bits per heavy atom. The molecule has 16 rings (SSSR count). The van der Waals surface area contributed by atoms with E-state index in [1.165, 1.54) is 57.9 Å². The van der Waals surface area contributed by atoms with Gasteiger partial charge in [0, 0.05) is 159 Å². The molecule has 4 aliphatic heterocycles. The van der Waals surface area contributed by atoms with E-state index in [4.69, 9.17) is 42.1 Å². The first kappa shape index (κ1) is 85.1. The average Bonchev–Trinajstić information content (AvgIpc) is 1.34. The number of halogens is 2. The SMILES string of the molecule is CC1(C)CCC(CN2CCN(c3ccc(C(=O)NS(=O)(=O)c4cc5c(c([N+](=O)[O-])c4)C[C@H](CS(C)(=O)=O)CO5)c(Oc4cnc5[nH]ccc5c4)c3)CC2)=C(c2ccc(Cl)cc2)C1.CC[C@@H]1COc2cc(S(=O)(=O)NC(=O)c3ccc(N4CCN(CC5=C(c6ccc(Cl)cc6)CC(C)(C)CC5)CC4)cc3Oc3cnc4[nH]ccc4c3)cc([N+](=O)[O-])c2C1. The number of nitrogens with zero attached hydrogens (tertiary/aromatic N) is 8. The van der Waals surface area contributed by atoms with Gasteiger partial charge in [-0.05, 0) is 170 Å². The Labute approximate surface area is 711 Å². The second-order valence-electron chi connectivity index (χ2n) is 33.6. The lowest BCUT2D eigenvalue weighted by molar-refractivity contribution is -0.386. The zero-order chi connectivity index (χ0) is 85.5. The van der Waals surface area contributed by atoms with Crippen molar-refractivity contribution >= 4 is 121 Å². The predicted molar refractivity (Wildman–Crippen MR) is 465 cm³/mol. The van der Waals surface area contributed by atoms with Crippen molar-refractivity contribution in [2.75, 3.05) is 100 Å². The number of rotatable bonds is 23. The minimum absolute atomic E-state index is 0.00126. The zero-order valence-corrected chi connectivity index (χ0v) is 71.8. The topological polar surface area (TPSA) is 354 Å². The number of nitrogens with one attached hydrogen (secondary N) is 4. The Bertz CT molecular complexity index is 6120. The van der Waals surface area contributed by atoms with Crippen molar-refractivity contribution in [3.63, 3.8) is 0 Å². The van der Waals surface area contributed by atoms with Gasteiger partial charge in [-0.15, -0.1) is 0 Å². The van der Waals surface area contributed by atoms with Crippen molar-refractivity contribution in [1.82, 2.24) is 39.2 Å². The standard InChI is InChI=1S/C44H47ClN6O9S2.C44H47ClN6O7S/c1-44(2)12-10-31(38(23-44)29-4-6-32(45)7-5-29)25-49-14-16-50(17-15-49)33-8-9-36(41(20-33)60-34-19-30-11-13-46-42(30)47-24-34)43(52)48-62(57,58)35-21-39(51(53)54)37-18-28(27-61(3,55)56)26-59-40(37)22-35;1-4-28-19-37-39(51(53)54)22-35(23-40(37)57-27-28)59(55,56)48-43(52)36-10-9-33(21-41(36)58-34-20-30-12-14-46-42(30)47-25-34)50-17-15-49(16-18-50)26-31-11-13-44(2,3)24-38(31)29-5-7-32(45)8-6-29/h4-9,11,13,19-22,24,28H,10,12,14-18,23,25-27H2,1-3H3,(H,46,47)(H,48,52);5-10,12,14,20-23,25,28H,4,11,13,15-19,24,26-27H2,1-3H3,(H,46,47)(H,48,52)/t2*28-/m00/s1. The van der Waals surface area contributed by atoms with Crippen LogP contribution in [0.5, 0.6) is 34.5 Å². The Balaban J connectivity index is 0.000000188. The number of nitro benzene ring substituents is 2. The van der Waals surface area contributed by atoms with Gasteiger partial charge in [0.1, 0.15) is 55.6 Å². The number of amides is 2. The Hall–Kier alpha value is -10.9. The highest BCUT2D eigenvalue weighted by Gasteiger charge is 2.38. The van der Waals surface area contributed by atoms with E-state index in [9.17, 15) is 55.1 Å². The normalized spacial score (nSPS) is 18.3. The van der Waals surface area contributed by atoms with E-state index in [2.05, 4.69) is 101 Å². The number of benzene rings is 6. The van der Waals surface area contributed by atoms with E-state index >= 15 is 0 Å². The van der Waals surface area contributed by atoms with Crippen molar-refractivity contribution in [3.8, 4) is 34.5 Å². The number of anilines is 2. The number of piperazine rings is 2. The van der Waals surface area contributed by atoms with Gasteiger partial charge in [0.15, 0.2) is 0 Å². The Morgan fingerprint density at radius 2 is 0.959 bits per heavy atom. The van der Waals surface area contributed by atoms with Crippen LogP contribution in [0.3, 0.4) is 0 Å². The summed E-state index contributed by atoms with van der Waals surface area (Å²) < 4.78 is 107. The largest absolute Gasteiger partial charge is 0.493 e. The van der Waals surface area contributed by atoms with Crippen LogP contribution >= 0.6 is 23.2 Å². The highest BCUT2D eigenvalue weighted by molar-refractivity contribution is 7.91. The smallest absolute Gasteiger partial charge is 0.277 e. The number of sulfone groups is 1. The summed E-state index contributed by atoms with van der Waals surface area (Å²) >= 11 is 12.5. The van der Waals surface area contributed by atoms with Crippen molar-refractivity contribution < 1.29 is 63.6 Å². The maximum absolute atomic E-state index is 14.0. The predicted octanol–water partition coefficient (Wildman–Crippen LogP) is 16.2. The van der Waals surface area contributed by atoms with Gasteiger partial charge in [0.25, 0.3) is 43.2 Å². The van der Waals surface area contributed by atoms with Crippen molar-refractivity contribution in [2.45, 2.75) is 102 Å². The molecule has 2 amide bonds. The van der Waals surface area contributed by atoms with E-state index in [-0.39, 0.29) is 80.9 Å². The molecular formula is C88H94Cl2N12O16S3. The first-order chi connectivity index (χ1) is 57.6. The molecule has 4 aromatic heterocycles. The summed E-state index contributed by atoms with van der Waals surface area (Å²) in [6, 6.07) is 37.7. The van der Waals surface area contributed by atoms with E-state index in [1.54, 1.807) is 54.9 Å². The molecule has 0 radical (unpaired) electrons. The third-order valence-electron chi connectivity index (χ3n) is 23.5. The van der Waals surface area contributed by atoms with E-state index in [1.807, 2.05) is 43.3 Å². The first-order valence-corrected chi connectivity index (χ1v) is 46.0. The van der Waals surface area contributed by atoms with Gasteiger partial charge in [-0.3, -0.25) is 39.6 Å². The molecule has 6 aliphatic rings. The molecule has 634 valence electrons. The van der Waals surface area contributed by atoms with Gasteiger partial charge in [-0.25, -0.2) is 44.7 Å². The second kappa shape index (κ2) is 34.9. The van der Waals surface area contributed by atoms with Crippen LogP contribution < -0.4 is 38.2 Å². The number of carbonyl (C=O) groups excluding carboxylic acids is 2. The fraction of sp³-hybridized carbons (Fsp3) is 0.364. The molecule has 10 aromatic rings. The van der Waals surface area contributed by atoms with Crippen molar-refractivity contribution in [1.29, 1.82) is 0 Å². The molecule has 28 nitrogen and oxygen atoms in total. The van der Waals surface area contributed by atoms with Crippen LogP contribution in [0.1, 0.15) is 123 Å². The van der Waals surface area contributed by atoms with E-state index in [0.29, 0.717) is 59.5 Å². The molecule has 6 aromatic carbocycles. The van der Waals surface area contributed by atoms with Crippen LogP contribution in [0.2, 0.25) is 10.0 Å². The molecule has 0 saturated carbocycles. The summed E-state index contributed by atoms with van der Waals surface area (Å²) in [6.07, 6.45) is 15.1. The van der Waals surface area contributed by atoms with Crippen LogP contribution in [-0.4, -0.2) is 167 Å². The average molecular weight is 1740 g/mol. The van der Waals surface area contributed by atoms with Crippen LogP contribution in [-0.2, 0) is 42.7 Å². The summed E-state index contributed by atoms with van der Waals surface area (Å²) in [5, 5.41) is 27.2. The summed E-state index contributed by atoms with van der Waals surface area (Å²) in [5.74, 6) is -1.80. The fourth-order valence-corrected chi connectivity index (χ4v) is 20.2.